The average Bonchev–Trinajstić information content (AvgIpc) is 3.03. The minimum atomic E-state index is -0.271. The molecule has 7 nitrogen and oxygen atoms in total. The zero-order valence-electron chi connectivity index (χ0n) is 15.5. The number of carbonyl (C=O) groups is 2. The summed E-state index contributed by atoms with van der Waals surface area (Å²) in [6.45, 7) is 6.81. The topological polar surface area (TPSA) is 85.8 Å². The highest BCUT2D eigenvalue weighted by atomic mass is 16.3. The number of nitrogens with one attached hydrogen (secondary N) is 1. The van der Waals surface area contributed by atoms with Crippen LogP contribution in [0.4, 0.5) is 5.82 Å². The first-order chi connectivity index (χ1) is 11.7. The molecule has 0 aliphatic carbocycles. The van der Waals surface area contributed by atoms with Gasteiger partial charge < -0.3 is 20.2 Å². The summed E-state index contributed by atoms with van der Waals surface area (Å²) in [7, 11) is 1.77. The SMILES string of the molecule is CC(=O)N(C)C1CCN(C(=O)c2ccc(NC(C)(C)CCO)nc2)C1. The average molecular weight is 348 g/mol. The summed E-state index contributed by atoms with van der Waals surface area (Å²) in [5, 5.41) is 12.3. The molecule has 0 saturated carbocycles. The molecule has 138 valence electrons. The van der Waals surface area contributed by atoms with Crippen molar-refractivity contribution in [1.82, 2.24) is 14.8 Å². The molecule has 0 bridgehead atoms. The highest BCUT2D eigenvalue weighted by Crippen LogP contribution is 2.19. The monoisotopic (exact) mass is 348 g/mol. The quantitative estimate of drug-likeness (QED) is 0.810. The summed E-state index contributed by atoms with van der Waals surface area (Å²) in [4.78, 5) is 31.9. The maximum atomic E-state index is 12.6. The van der Waals surface area contributed by atoms with Crippen LogP contribution < -0.4 is 5.32 Å². The van der Waals surface area contributed by atoms with E-state index in [1.807, 2.05) is 13.8 Å². The van der Waals surface area contributed by atoms with Crippen molar-refractivity contribution in [3.63, 3.8) is 0 Å². The molecule has 1 aliphatic heterocycles. The highest BCUT2D eigenvalue weighted by Gasteiger charge is 2.30. The first kappa shape index (κ1) is 19.2. The van der Waals surface area contributed by atoms with Gasteiger partial charge in [0.15, 0.2) is 0 Å². The third-order valence-corrected chi connectivity index (χ3v) is 4.71. The lowest BCUT2D eigenvalue weighted by molar-refractivity contribution is -0.129. The molecule has 1 atom stereocenters. The van der Waals surface area contributed by atoms with Gasteiger partial charge in [-0.25, -0.2) is 4.98 Å². The fraction of sp³-hybridized carbons (Fsp3) is 0.611. The molecular weight excluding hydrogens is 320 g/mol. The Labute approximate surface area is 149 Å². The maximum Gasteiger partial charge on any atom is 0.255 e. The predicted octanol–water partition coefficient (Wildman–Crippen LogP) is 1.35. The highest BCUT2D eigenvalue weighted by molar-refractivity contribution is 5.94. The molecule has 2 heterocycles. The van der Waals surface area contributed by atoms with Crippen LogP contribution in [0.25, 0.3) is 0 Å². The first-order valence-corrected chi connectivity index (χ1v) is 8.61. The van der Waals surface area contributed by atoms with E-state index in [0.29, 0.717) is 30.9 Å². The number of nitrogens with zero attached hydrogens (tertiary/aromatic N) is 3. The number of pyridine rings is 1. The lowest BCUT2D eigenvalue weighted by atomic mass is 10.0. The number of anilines is 1. The van der Waals surface area contributed by atoms with E-state index >= 15 is 0 Å². The summed E-state index contributed by atoms with van der Waals surface area (Å²) in [6.07, 6.45) is 2.97. The predicted molar refractivity (Wildman–Crippen MR) is 96.4 cm³/mol. The van der Waals surface area contributed by atoms with Gasteiger partial charge in [0.1, 0.15) is 5.82 Å². The van der Waals surface area contributed by atoms with Crippen LogP contribution in [0.3, 0.4) is 0 Å². The zero-order chi connectivity index (χ0) is 18.6. The summed E-state index contributed by atoms with van der Waals surface area (Å²) >= 11 is 0. The molecule has 7 heteroatoms. The van der Waals surface area contributed by atoms with Crippen LogP contribution in [0.2, 0.25) is 0 Å². The molecule has 0 spiro atoms. The van der Waals surface area contributed by atoms with E-state index < -0.39 is 0 Å². The van der Waals surface area contributed by atoms with Gasteiger partial charge in [0.05, 0.1) is 11.6 Å². The van der Waals surface area contributed by atoms with E-state index in [4.69, 9.17) is 5.11 Å². The fourth-order valence-electron chi connectivity index (χ4n) is 2.97. The number of likely N-dealkylation sites (tertiary alicyclic amines) is 1. The lowest BCUT2D eigenvalue weighted by Gasteiger charge is -2.26. The summed E-state index contributed by atoms with van der Waals surface area (Å²) in [5.41, 5.74) is 0.267. The molecule has 2 N–H and O–H groups in total. The van der Waals surface area contributed by atoms with Crippen LogP contribution in [0, 0.1) is 0 Å². The Kier molecular flexibility index (Phi) is 6.00. The maximum absolute atomic E-state index is 12.6. The third-order valence-electron chi connectivity index (χ3n) is 4.71. The Bertz CT molecular complexity index is 615. The Balaban J connectivity index is 1.98. The van der Waals surface area contributed by atoms with Crippen LogP contribution in [0.1, 0.15) is 44.0 Å². The van der Waals surface area contributed by atoms with Gasteiger partial charge in [-0.05, 0) is 38.8 Å². The number of hydrogen-bond acceptors (Lipinski definition) is 5. The van der Waals surface area contributed by atoms with Gasteiger partial charge in [-0.3, -0.25) is 9.59 Å². The second-order valence-corrected chi connectivity index (χ2v) is 7.24. The number of amides is 2. The Morgan fingerprint density at radius 3 is 2.72 bits per heavy atom. The lowest BCUT2D eigenvalue weighted by Crippen LogP contribution is -2.39. The second kappa shape index (κ2) is 7.82. The van der Waals surface area contributed by atoms with Crippen molar-refractivity contribution in [2.75, 3.05) is 32.1 Å². The molecule has 1 aromatic rings. The molecule has 0 aromatic carbocycles. The second-order valence-electron chi connectivity index (χ2n) is 7.24. The largest absolute Gasteiger partial charge is 0.396 e. The summed E-state index contributed by atoms with van der Waals surface area (Å²) in [6, 6.07) is 3.62. The van der Waals surface area contributed by atoms with Crippen LogP contribution in [0.5, 0.6) is 0 Å². The van der Waals surface area contributed by atoms with E-state index in [-0.39, 0.29) is 30.0 Å². The van der Waals surface area contributed by atoms with E-state index in [9.17, 15) is 9.59 Å². The van der Waals surface area contributed by atoms with Crippen molar-refractivity contribution in [3.8, 4) is 0 Å². The molecule has 1 fully saturated rings. The molecule has 1 saturated heterocycles. The van der Waals surface area contributed by atoms with Crippen molar-refractivity contribution in [2.24, 2.45) is 0 Å². The number of carbonyl (C=O) groups excluding carboxylic acids is 2. The summed E-state index contributed by atoms with van der Waals surface area (Å²) in [5.74, 6) is 0.626. The molecule has 1 aromatic heterocycles. The smallest absolute Gasteiger partial charge is 0.255 e. The molecule has 1 aliphatic rings. The van der Waals surface area contributed by atoms with Crippen LogP contribution in [-0.2, 0) is 4.79 Å². The molecule has 2 amide bonds. The zero-order valence-corrected chi connectivity index (χ0v) is 15.5. The van der Waals surface area contributed by atoms with Crippen molar-refractivity contribution in [1.29, 1.82) is 0 Å². The van der Waals surface area contributed by atoms with Crippen molar-refractivity contribution >= 4 is 17.6 Å². The number of likely N-dealkylation sites (N-methyl/N-ethyl adjacent to an activating group) is 1. The Morgan fingerprint density at radius 1 is 1.44 bits per heavy atom. The number of aromatic nitrogens is 1. The van der Waals surface area contributed by atoms with E-state index in [0.717, 1.165) is 6.42 Å². The number of aliphatic hydroxyl groups excluding tert-OH is 1. The van der Waals surface area contributed by atoms with Gasteiger partial charge in [0, 0.05) is 45.4 Å². The Hall–Kier alpha value is -2.15. The van der Waals surface area contributed by atoms with Gasteiger partial charge in [-0.1, -0.05) is 0 Å². The summed E-state index contributed by atoms with van der Waals surface area (Å²) < 4.78 is 0. The van der Waals surface area contributed by atoms with Crippen molar-refractivity contribution in [2.45, 2.75) is 45.2 Å². The minimum absolute atomic E-state index is 0.0156. The molecule has 2 rings (SSSR count). The Morgan fingerprint density at radius 2 is 2.16 bits per heavy atom. The molecular formula is C18H28N4O3. The van der Waals surface area contributed by atoms with Gasteiger partial charge in [0.25, 0.3) is 5.91 Å². The van der Waals surface area contributed by atoms with Crippen molar-refractivity contribution < 1.29 is 14.7 Å². The number of rotatable bonds is 6. The third kappa shape index (κ3) is 4.92. The van der Waals surface area contributed by atoms with E-state index in [1.165, 1.54) is 0 Å². The van der Waals surface area contributed by atoms with Crippen LogP contribution in [0.15, 0.2) is 18.3 Å². The normalized spacial score (nSPS) is 17.5. The first-order valence-electron chi connectivity index (χ1n) is 8.61. The van der Waals surface area contributed by atoms with Gasteiger partial charge in [-0.2, -0.15) is 0 Å². The standard InChI is InChI=1S/C18H28N4O3/c1-13(24)21(4)15-7-9-22(12-15)17(25)14-5-6-16(19-11-14)20-18(2,3)8-10-23/h5-6,11,15,23H,7-10,12H2,1-4H3,(H,19,20). The van der Waals surface area contributed by atoms with Crippen LogP contribution in [-0.4, -0.2) is 70.0 Å². The molecule has 1 unspecified atom stereocenters. The van der Waals surface area contributed by atoms with Gasteiger partial charge >= 0.3 is 0 Å². The van der Waals surface area contributed by atoms with E-state index in [1.54, 1.807) is 42.1 Å². The number of aliphatic hydroxyl groups is 1. The van der Waals surface area contributed by atoms with E-state index in [2.05, 4.69) is 10.3 Å². The molecule has 0 radical (unpaired) electrons. The van der Waals surface area contributed by atoms with Crippen LogP contribution >= 0.6 is 0 Å². The van der Waals surface area contributed by atoms with Crippen molar-refractivity contribution in [3.05, 3.63) is 23.9 Å². The van der Waals surface area contributed by atoms with Gasteiger partial charge in [-0.15, -0.1) is 0 Å². The fourth-order valence-corrected chi connectivity index (χ4v) is 2.97. The number of hydrogen-bond donors (Lipinski definition) is 2. The molecule has 25 heavy (non-hydrogen) atoms. The minimum Gasteiger partial charge on any atom is -0.396 e. The van der Waals surface area contributed by atoms with Gasteiger partial charge in [0.2, 0.25) is 5.91 Å².